The summed E-state index contributed by atoms with van der Waals surface area (Å²) < 4.78 is 39.1. The van der Waals surface area contributed by atoms with Crippen molar-refractivity contribution in [2.24, 2.45) is 0 Å². The summed E-state index contributed by atoms with van der Waals surface area (Å²) in [5.41, 5.74) is -3.19. The summed E-state index contributed by atoms with van der Waals surface area (Å²) in [4.78, 5) is 49.7. The van der Waals surface area contributed by atoms with Gasteiger partial charge in [-0.2, -0.15) is 0 Å². The third kappa shape index (κ3) is 21.2. The highest BCUT2D eigenvalue weighted by atomic mass is 16.6. The Morgan fingerprint density at radius 2 is 0.933 bits per heavy atom. The largest absolute Gasteiger partial charge is 0.484 e. The van der Waals surface area contributed by atoms with Gasteiger partial charge in [0.05, 0.1) is 58.9 Å². The molecule has 0 fully saturated rings. The Balaban J connectivity index is 3.01. The Morgan fingerprint density at radius 3 is 1.27 bits per heavy atom. The van der Waals surface area contributed by atoms with Crippen LogP contribution in [0.15, 0.2) is 30.3 Å². The summed E-state index contributed by atoms with van der Waals surface area (Å²) in [5.74, 6) is -1.28. The number of para-hydroxylation sites is 1. The quantitative estimate of drug-likeness (QED) is 0.132. The van der Waals surface area contributed by atoms with Crippen molar-refractivity contribution in [1.82, 2.24) is 5.32 Å². The van der Waals surface area contributed by atoms with Crippen molar-refractivity contribution in [2.75, 3.05) is 46.2 Å². The number of carbonyl (C=O) groups is 4. The van der Waals surface area contributed by atoms with Crippen LogP contribution >= 0.6 is 0 Å². The maximum absolute atomic E-state index is 13.1. The van der Waals surface area contributed by atoms with Gasteiger partial charge in [0, 0.05) is 0 Å². The predicted octanol–water partition coefficient (Wildman–Crippen LogP) is 4.17. The van der Waals surface area contributed by atoms with Gasteiger partial charge >= 0.3 is 17.9 Å². The van der Waals surface area contributed by atoms with Gasteiger partial charge in [0.25, 0.3) is 5.91 Å². The number of nitrogens with one attached hydrogen (secondary N) is 1. The summed E-state index contributed by atoms with van der Waals surface area (Å²) in [6.45, 7) is 15.3. The van der Waals surface area contributed by atoms with Crippen LogP contribution in [0.1, 0.15) is 81.6 Å². The lowest BCUT2D eigenvalue weighted by Crippen LogP contribution is -2.59. The van der Waals surface area contributed by atoms with Crippen LogP contribution in [0.3, 0.4) is 0 Å². The van der Waals surface area contributed by atoms with Crippen molar-refractivity contribution in [2.45, 2.75) is 104 Å². The van der Waals surface area contributed by atoms with E-state index in [9.17, 15) is 19.2 Å². The van der Waals surface area contributed by atoms with Crippen LogP contribution in [0.5, 0.6) is 5.75 Å². The molecule has 12 nitrogen and oxygen atoms in total. The molecule has 0 aliphatic rings. The molecule has 0 saturated carbocycles. The number of hydrogen-bond donors (Lipinski definition) is 1. The topological polar surface area (TPSA) is 145 Å². The second-order valence-electron chi connectivity index (χ2n) is 13.6. The molecule has 0 aliphatic heterocycles. The second kappa shape index (κ2) is 18.7. The van der Waals surface area contributed by atoms with Gasteiger partial charge in [0.15, 0.2) is 6.61 Å². The van der Waals surface area contributed by atoms with E-state index in [1.165, 1.54) is 0 Å². The number of rotatable bonds is 19. The molecule has 1 N–H and O–H groups in total. The van der Waals surface area contributed by atoms with Crippen LogP contribution in [0, 0.1) is 0 Å². The first-order valence-electron chi connectivity index (χ1n) is 15.2. The molecule has 0 atom stereocenters. The molecule has 0 aromatic heterocycles. The fourth-order valence-electron chi connectivity index (χ4n) is 3.68. The zero-order valence-corrected chi connectivity index (χ0v) is 28.4. The number of esters is 3. The van der Waals surface area contributed by atoms with E-state index in [0.717, 1.165) is 0 Å². The number of benzene rings is 1. The molecule has 1 amide bonds. The molecule has 12 heteroatoms. The SMILES string of the molecule is CC(C)(C)OC(=O)CCOCC(COCCC(=O)OC(C)(C)C)(COCCC(=O)OC(C)(C)C)NC(=O)COc1ccccc1. The smallest absolute Gasteiger partial charge is 0.308 e. The normalized spacial score (nSPS) is 12.3. The third-order valence-electron chi connectivity index (χ3n) is 5.26. The average Bonchev–Trinajstić information content (AvgIpc) is 2.88. The van der Waals surface area contributed by atoms with Gasteiger partial charge in [-0.15, -0.1) is 0 Å². The van der Waals surface area contributed by atoms with Gasteiger partial charge in [-0.25, -0.2) is 0 Å². The first-order valence-corrected chi connectivity index (χ1v) is 15.2. The van der Waals surface area contributed by atoms with Crippen LogP contribution in [-0.2, 0) is 47.6 Å². The van der Waals surface area contributed by atoms with E-state index in [4.69, 9.17) is 33.2 Å². The molecular formula is C33H53NO11. The third-order valence-corrected chi connectivity index (χ3v) is 5.26. The van der Waals surface area contributed by atoms with Crippen LogP contribution in [-0.4, -0.2) is 92.4 Å². The lowest BCUT2D eigenvalue weighted by Gasteiger charge is -2.34. The minimum Gasteiger partial charge on any atom is -0.484 e. The lowest BCUT2D eigenvalue weighted by atomic mass is 10.0. The summed E-state index contributed by atoms with van der Waals surface area (Å²) in [7, 11) is 0. The van der Waals surface area contributed by atoms with E-state index in [-0.39, 0.29) is 65.5 Å². The zero-order valence-electron chi connectivity index (χ0n) is 28.4. The Bertz CT molecular complexity index is 965. The summed E-state index contributed by atoms with van der Waals surface area (Å²) in [6.07, 6.45) is -0.0494. The number of amides is 1. The van der Waals surface area contributed by atoms with Crippen molar-refractivity contribution in [3.05, 3.63) is 30.3 Å². The molecule has 0 bridgehead atoms. The molecule has 0 aliphatic carbocycles. The van der Waals surface area contributed by atoms with Crippen LogP contribution in [0.25, 0.3) is 0 Å². The van der Waals surface area contributed by atoms with Gasteiger partial charge < -0.3 is 38.5 Å². The monoisotopic (exact) mass is 639 g/mol. The molecule has 1 aromatic carbocycles. The fourth-order valence-corrected chi connectivity index (χ4v) is 3.68. The van der Waals surface area contributed by atoms with E-state index in [2.05, 4.69) is 5.32 Å². The molecular weight excluding hydrogens is 586 g/mol. The van der Waals surface area contributed by atoms with Gasteiger partial charge in [-0.3, -0.25) is 19.2 Å². The zero-order chi connectivity index (χ0) is 34.2. The molecule has 1 rings (SSSR count). The van der Waals surface area contributed by atoms with Crippen LogP contribution in [0.4, 0.5) is 0 Å². The van der Waals surface area contributed by atoms with Crippen molar-refractivity contribution in [3.63, 3.8) is 0 Å². The highest BCUT2D eigenvalue weighted by molar-refractivity contribution is 5.78. The standard InChI is InChI=1S/C33H53NO11/c1-30(2,3)43-27(36)15-18-39-22-33(23-40-19-16-28(37)44-31(4,5)6,24-41-20-17-29(38)45-32(7,8)9)34-26(35)21-42-25-13-11-10-12-14-25/h10-14H,15-24H2,1-9H3,(H,34,35). The number of hydrogen-bond acceptors (Lipinski definition) is 11. The van der Waals surface area contributed by atoms with Crippen molar-refractivity contribution in [1.29, 1.82) is 0 Å². The van der Waals surface area contributed by atoms with E-state index in [1.54, 1.807) is 86.6 Å². The van der Waals surface area contributed by atoms with Crippen molar-refractivity contribution < 1.29 is 52.3 Å². The Labute approximate surface area is 267 Å². The molecule has 0 heterocycles. The van der Waals surface area contributed by atoms with Crippen molar-refractivity contribution >= 4 is 23.8 Å². The van der Waals surface area contributed by atoms with Gasteiger partial charge in [-0.1, -0.05) is 18.2 Å². The Hall–Kier alpha value is -3.22. The Kier molecular flexibility index (Phi) is 16.5. The minimum atomic E-state index is -1.27. The molecule has 1 aromatic rings. The number of ether oxygens (including phenoxy) is 7. The lowest BCUT2D eigenvalue weighted by molar-refractivity contribution is -0.157. The maximum atomic E-state index is 13.1. The fraction of sp³-hybridized carbons (Fsp3) is 0.697. The summed E-state index contributed by atoms with van der Waals surface area (Å²) in [5, 5.41) is 2.89. The Morgan fingerprint density at radius 1 is 0.578 bits per heavy atom. The first kappa shape index (κ1) is 39.8. The molecule has 0 unspecified atom stereocenters. The van der Waals surface area contributed by atoms with Crippen molar-refractivity contribution in [3.8, 4) is 5.75 Å². The second-order valence-corrected chi connectivity index (χ2v) is 13.6. The predicted molar refractivity (Wildman–Crippen MR) is 167 cm³/mol. The summed E-state index contributed by atoms with van der Waals surface area (Å²) in [6, 6.07) is 8.84. The molecule has 45 heavy (non-hydrogen) atoms. The highest BCUT2D eigenvalue weighted by Crippen LogP contribution is 2.15. The van der Waals surface area contributed by atoms with E-state index in [1.807, 2.05) is 6.07 Å². The molecule has 0 saturated heterocycles. The van der Waals surface area contributed by atoms with E-state index in [0.29, 0.717) is 5.75 Å². The van der Waals surface area contributed by atoms with Gasteiger partial charge in [0.1, 0.15) is 28.1 Å². The number of carbonyl (C=O) groups excluding carboxylic acids is 4. The average molecular weight is 640 g/mol. The van der Waals surface area contributed by atoms with E-state index >= 15 is 0 Å². The molecule has 0 radical (unpaired) electrons. The van der Waals surface area contributed by atoms with Gasteiger partial charge in [0.2, 0.25) is 0 Å². The molecule has 0 spiro atoms. The highest BCUT2D eigenvalue weighted by Gasteiger charge is 2.34. The van der Waals surface area contributed by atoms with Crippen LogP contribution < -0.4 is 10.1 Å². The van der Waals surface area contributed by atoms with Crippen LogP contribution in [0.2, 0.25) is 0 Å². The first-order chi connectivity index (χ1) is 20.8. The van der Waals surface area contributed by atoms with E-state index < -0.39 is 46.2 Å². The molecule has 256 valence electrons. The maximum Gasteiger partial charge on any atom is 0.308 e. The summed E-state index contributed by atoms with van der Waals surface area (Å²) >= 11 is 0. The minimum absolute atomic E-state index is 0.00284. The van der Waals surface area contributed by atoms with Gasteiger partial charge in [-0.05, 0) is 74.4 Å².